The molecule has 2 N–H and O–H groups in total. The average Bonchev–Trinajstić information content (AvgIpc) is 3.13. The fourth-order valence-corrected chi connectivity index (χ4v) is 4.18. The average molecular weight is 488 g/mol. The first-order valence-corrected chi connectivity index (χ1v) is 11.7. The van der Waals surface area contributed by atoms with E-state index >= 15 is 0 Å². The summed E-state index contributed by atoms with van der Waals surface area (Å²) >= 11 is 0. The van der Waals surface area contributed by atoms with Gasteiger partial charge < -0.3 is 24.6 Å². The Morgan fingerprint density at radius 1 is 0.972 bits per heavy atom. The van der Waals surface area contributed by atoms with Crippen molar-refractivity contribution in [2.45, 2.75) is 26.4 Å². The third kappa shape index (κ3) is 5.05. The van der Waals surface area contributed by atoms with Crippen molar-refractivity contribution in [3.05, 3.63) is 95.1 Å². The third-order valence-corrected chi connectivity index (χ3v) is 5.97. The van der Waals surface area contributed by atoms with E-state index in [1.54, 1.807) is 36.4 Å². The number of hydrogen-bond acceptors (Lipinski definition) is 6. The predicted octanol–water partition coefficient (Wildman–Crippen LogP) is 5.06. The summed E-state index contributed by atoms with van der Waals surface area (Å²) in [4.78, 5) is 27.9. The maximum atomic E-state index is 13.3. The molecule has 1 saturated heterocycles. The molecule has 0 bridgehead atoms. The molecule has 0 saturated carbocycles. The van der Waals surface area contributed by atoms with Gasteiger partial charge in [0.1, 0.15) is 23.0 Å². The summed E-state index contributed by atoms with van der Waals surface area (Å²) in [6.07, 6.45) is 0. The van der Waals surface area contributed by atoms with E-state index in [0.717, 1.165) is 11.3 Å². The van der Waals surface area contributed by atoms with E-state index in [1.807, 2.05) is 24.3 Å². The molecule has 0 spiro atoms. The molecule has 36 heavy (non-hydrogen) atoms. The second-order valence-corrected chi connectivity index (χ2v) is 9.07. The minimum Gasteiger partial charge on any atom is -0.508 e. The first-order valence-electron chi connectivity index (χ1n) is 11.7. The standard InChI is InChI=1S/C29H29NO6/c1-18(2)17-36-22-14-8-19(9-15-22)16-30-26(20-10-12-21(31)13-11-20)25(28(33)29(30)34)27(32)23-6-4-5-7-24(23)35-3/h4-15,18,26,31-32H,16-17H2,1-3H3/b27-25-. The molecule has 3 aromatic carbocycles. The molecule has 186 valence electrons. The maximum absolute atomic E-state index is 13.3. The van der Waals surface area contributed by atoms with Gasteiger partial charge >= 0.3 is 0 Å². The molecule has 3 aromatic rings. The molecular weight excluding hydrogens is 458 g/mol. The molecule has 4 rings (SSSR count). The number of likely N-dealkylation sites (tertiary alicyclic amines) is 1. The van der Waals surface area contributed by atoms with E-state index in [0.29, 0.717) is 29.4 Å². The first-order chi connectivity index (χ1) is 17.3. The van der Waals surface area contributed by atoms with Crippen LogP contribution in [0.2, 0.25) is 0 Å². The number of Topliss-reactive ketones (excluding diaryl/α,β-unsaturated/α-hetero) is 1. The second-order valence-electron chi connectivity index (χ2n) is 9.07. The van der Waals surface area contributed by atoms with Crippen LogP contribution >= 0.6 is 0 Å². The van der Waals surface area contributed by atoms with Gasteiger partial charge in [-0.05, 0) is 53.4 Å². The highest BCUT2D eigenvalue weighted by atomic mass is 16.5. The number of phenols is 1. The van der Waals surface area contributed by atoms with Crippen LogP contribution in [0.15, 0.2) is 78.4 Å². The Kier molecular flexibility index (Phi) is 7.29. The molecule has 0 aromatic heterocycles. The zero-order valence-corrected chi connectivity index (χ0v) is 20.5. The number of aliphatic hydroxyl groups is 1. The van der Waals surface area contributed by atoms with Crippen LogP contribution in [-0.4, -0.2) is 40.5 Å². The largest absolute Gasteiger partial charge is 0.508 e. The van der Waals surface area contributed by atoms with E-state index in [-0.39, 0.29) is 23.6 Å². The molecule has 1 amide bonds. The molecule has 0 aliphatic carbocycles. The van der Waals surface area contributed by atoms with Gasteiger partial charge in [0.05, 0.1) is 30.9 Å². The van der Waals surface area contributed by atoms with Crippen molar-refractivity contribution in [1.82, 2.24) is 4.90 Å². The van der Waals surface area contributed by atoms with Crippen LogP contribution in [0.3, 0.4) is 0 Å². The highest BCUT2D eigenvalue weighted by Gasteiger charge is 2.46. The number of carbonyl (C=O) groups is 2. The number of ketones is 1. The number of methoxy groups -OCH3 is 1. The number of para-hydroxylation sites is 1. The van der Waals surface area contributed by atoms with Gasteiger partial charge in [-0.1, -0.05) is 50.2 Å². The molecule has 1 unspecified atom stereocenters. The number of aliphatic hydroxyl groups excluding tert-OH is 1. The summed E-state index contributed by atoms with van der Waals surface area (Å²) in [5.41, 5.74) is 1.66. The Morgan fingerprint density at radius 3 is 2.28 bits per heavy atom. The molecule has 1 heterocycles. The predicted molar refractivity (Wildman–Crippen MR) is 136 cm³/mol. The molecule has 1 aliphatic rings. The van der Waals surface area contributed by atoms with Gasteiger partial charge in [0.15, 0.2) is 0 Å². The van der Waals surface area contributed by atoms with Crippen LogP contribution in [0.4, 0.5) is 0 Å². The number of carbonyl (C=O) groups excluding carboxylic acids is 2. The Bertz CT molecular complexity index is 1280. The van der Waals surface area contributed by atoms with Crippen LogP contribution in [0, 0.1) is 5.92 Å². The van der Waals surface area contributed by atoms with Gasteiger partial charge in [0.2, 0.25) is 0 Å². The number of aromatic hydroxyl groups is 1. The quantitative estimate of drug-likeness (QED) is 0.262. The van der Waals surface area contributed by atoms with Gasteiger partial charge in [-0.15, -0.1) is 0 Å². The summed E-state index contributed by atoms with van der Waals surface area (Å²) in [6.45, 7) is 4.87. The highest BCUT2D eigenvalue weighted by molar-refractivity contribution is 6.46. The molecule has 7 nitrogen and oxygen atoms in total. The van der Waals surface area contributed by atoms with E-state index in [9.17, 15) is 19.8 Å². The molecule has 1 fully saturated rings. The smallest absolute Gasteiger partial charge is 0.295 e. The molecule has 1 atom stereocenters. The van der Waals surface area contributed by atoms with Crippen LogP contribution in [-0.2, 0) is 16.1 Å². The molecule has 0 radical (unpaired) electrons. The minimum absolute atomic E-state index is 0.0351. The maximum Gasteiger partial charge on any atom is 0.295 e. The summed E-state index contributed by atoms with van der Waals surface area (Å²) in [6, 6.07) is 19.5. The summed E-state index contributed by atoms with van der Waals surface area (Å²) in [7, 11) is 1.47. The van der Waals surface area contributed by atoms with Crippen LogP contribution in [0.25, 0.3) is 5.76 Å². The number of benzene rings is 3. The van der Waals surface area contributed by atoms with Crippen molar-refractivity contribution in [2.24, 2.45) is 5.92 Å². The molecule has 7 heteroatoms. The van der Waals surface area contributed by atoms with Crippen molar-refractivity contribution in [1.29, 1.82) is 0 Å². The third-order valence-electron chi connectivity index (χ3n) is 5.97. The lowest BCUT2D eigenvalue weighted by atomic mass is 9.94. The van der Waals surface area contributed by atoms with Gasteiger partial charge in [-0.2, -0.15) is 0 Å². The zero-order valence-electron chi connectivity index (χ0n) is 20.5. The number of rotatable bonds is 8. The fraction of sp³-hybridized carbons (Fsp3) is 0.241. The van der Waals surface area contributed by atoms with Gasteiger partial charge in [-0.3, -0.25) is 9.59 Å². The van der Waals surface area contributed by atoms with E-state index in [2.05, 4.69) is 13.8 Å². The van der Waals surface area contributed by atoms with Crippen molar-refractivity contribution >= 4 is 17.4 Å². The molecule has 1 aliphatic heterocycles. The van der Waals surface area contributed by atoms with E-state index < -0.39 is 17.7 Å². The highest BCUT2D eigenvalue weighted by Crippen LogP contribution is 2.42. The topological polar surface area (TPSA) is 96.3 Å². The van der Waals surface area contributed by atoms with Crippen molar-refractivity contribution in [3.8, 4) is 17.2 Å². The number of hydrogen-bond donors (Lipinski definition) is 2. The van der Waals surface area contributed by atoms with Crippen molar-refractivity contribution in [3.63, 3.8) is 0 Å². The Hall–Kier alpha value is -4.26. The van der Waals surface area contributed by atoms with Crippen LogP contribution in [0.5, 0.6) is 17.2 Å². The molecular formula is C29H29NO6. The zero-order chi connectivity index (χ0) is 25.8. The summed E-state index contributed by atoms with van der Waals surface area (Å²) in [5.74, 6) is -0.271. The van der Waals surface area contributed by atoms with Crippen LogP contribution in [0.1, 0.15) is 36.6 Å². The Morgan fingerprint density at radius 2 is 1.64 bits per heavy atom. The second kappa shape index (κ2) is 10.6. The fourth-order valence-electron chi connectivity index (χ4n) is 4.18. The monoisotopic (exact) mass is 487 g/mol. The van der Waals surface area contributed by atoms with Crippen molar-refractivity contribution < 1.29 is 29.3 Å². The van der Waals surface area contributed by atoms with E-state index in [4.69, 9.17) is 9.47 Å². The summed E-state index contributed by atoms with van der Waals surface area (Å²) in [5, 5.41) is 21.1. The minimum atomic E-state index is -0.854. The summed E-state index contributed by atoms with van der Waals surface area (Å²) < 4.78 is 11.1. The lowest BCUT2D eigenvalue weighted by Crippen LogP contribution is -2.29. The van der Waals surface area contributed by atoms with Gasteiger partial charge in [0, 0.05) is 6.54 Å². The van der Waals surface area contributed by atoms with Gasteiger partial charge in [0.25, 0.3) is 11.7 Å². The first kappa shape index (κ1) is 24.9. The number of ether oxygens (including phenoxy) is 2. The Labute approximate surface area is 210 Å². The van der Waals surface area contributed by atoms with Crippen LogP contribution < -0.4 is 9.47 Å². The van der Waals surface area contributed by atoms with Crippen molar-refractivity contribution in [2.75, 3.05) is 13.7 Å². The van der Waals surface area contributed by atoms with Gasteiger partial charge in [-0.25, -0.2) is 0 Å². The SMILES string of the molecule is COc1ccccc1/C(O)=C1/C(=O)C(=O)N(Cc2ccc(OCC(C)C)cc2)C1c1ccc(O)cc1. The normalized spacial score (nSPS) is 17.0. The number of phenolic OH excluding ortho intramolecular Hbond substituents is 1. The number of amides is 1. The lowest BCUT2D eigenvalue weighted by Gasteiger charge is -2.25. The number of nitrogens with zero attached hydrogens (tertiary/aromatic N) is 1. The Balaban J connectivity index is 1.75. The van der Waals surface area contributed by atoms with E-state index in [1.165, 1.54) is 24.1 Å². The lowest BCUT2D eigenvalue weighted by molar-refractivity contribution is -0.140.